The van der Waals surface area contributed by atoms with Crippen LogP contribution in [0.1, 0.15) is 174 Å². The largest absolute Gasteiger partial charge is 1.00 e. The average molecular weight is 569 g/mol. The third kappa shape index (κ3) is 35.2. The molecule has 0 radical (unpaired) electrons. The van der Waals surface area contributed by atoms with E-state index < -0.39 is 10.4 Å². The summed E-state index contributed by atoms with van der Waals surface area (Å²) >= 11 is 0. The Morgan fingerprint density at radius 3 is 1.32 bits per heavy atom. The van der Waals surface area contributed by atoms with Gasteiger partial charge in [0.1, 0.15) is 0 Å². The second kappa shape index (κ2) is 31.8. The Bertz CT molecular complexity index is 566. The Hall–Kier alpha value is 1.25. The molecule has 0 aliphatic heterocycles. The zero-order chi connectivity index (χ0) is 26.6. The summed E-state index contributed by atoms with van der Waals surface area (Å²) in [5.74, 6) is 0.0187. The summed E-state index contributed by atoms with van der Waals surface area (Å²) < 4.78 is 37.2. The fraction of sp³-hybridized carbons (Fsp3) is 0.935. The first-order chi connectivity index (χ1) is 17.5. The average Bonchev–Trinajstić information content (AvgIpc) is 2.85. The summed E-state index contributed by atoms with van der Waals surface area (Å²) in [6, 6.07) is 0. The van der Waals surface area contributed by atoms with Crippen molar-refractivity contribution in [1.82, 2.24) is 0 Å². The Morgan fingerprint density at radius 2 is 0.946 bits per heavy atom. The molecule has 0 aromatic rings. The van der Waals surface area contributed by atoms with E-state index in [0.717, 1.165) is 19.3 Å². The zero-order valence-corrected chi connectivity index (χ0v) is 29.1. The molecule has 0 aromatic carbocycles. The molecule has 0 saturated carbocycles. The molecule has 0 heterocycles. The van der Waals surface area contributed by atoms with Crippen LogP contribution in [-0.4, -0.2) is 19.6 Å². The maximum absolute atomic E-state index is 10.9. The van der Waals surface area contributed by atoms with Crippen molar-refractivity contribution in [2.24, 2.45) is 5.92 Å². The van der Waals surface area contributed by atoms with Crippen LogP contribution < -0.4 is 51.4 Å². The minimum Gasteiger partial charge on any atom is -0.726 e. The third-order valence-electron chi connectivity index (χ3n) is 7.24. The predicted molar refractivity (Wildman–Crippen MR) is 155 cm³/mol. The fourth-order valence-electron chi connectivity index (χ4n) is 4.87. The van der Waals surface area contributed by atoms with Crippen LogP contribution in [0, 0.1) is 5.92 Å². The molecule has 37 heavy (non-hydrogen) atoms. The molecule has 0 fully saturated rings. The van der Waals surface area contributed by atoms with Crippen molar-refractivity contribution in [2.45, 2.75) is 174 Å². The second-order valence-corrected chi connectivity index (χ2v) is 11.9. The maximum Gasteiger partial charge on any atom is 1.00 e. The molecule has 4 nitrogen and oxygen atoms in total. The van der Waals surface area contributed by atoms with Crippen LogP contribution in [0.2, 0.25) is 0 Å². The molecule has 0 rings (SSSR count). The minimum atomic E-state index is -4.61. The van der Waals surface area contributed by atoms with Crippen molar-refractivity contribution in [2.75, 3.05) is 6.61 Å². The SMILES string of the molecule is CCCCCCCC/C=C/C(CCCCCCCCCCCCCCCCCCC)COS(=O)(=O)[O-].[K+]. The van der Waals surface area contributed by atoms with E-state index in [9.17, 15) is 13.0 Å². The van der Waals surface area contributed by atoms with Gasteiger partial charge in [0.15, 0.2) is 0 Å². The molecule has 0 aromatic heterocycles. The molecule has 0 spiro atoms. The normalized spacial score (nSPS) is 12.7. The van der Waals surface area contributed by atoms with E-state index in [-0.39, 0.29) is 63.9 Å². The Morgan fingerprint density at radius 1 is 0.595 bits per heavy atom. The summed E-state index contributed by atoms with van der Waals surface area (Å²) in [6.07, 6.45) is 36.7. The molecule has 0 aliphatic carbocycles. The molecule has 0 N–H and O–H groups in total. The van der Waals surface area contributed by atoms with Crippen molar-refractivity contribution in [3.63, 3.8) is 0 Å². The Balaban J connectivity index is 0. The molecular weight excluding hydrogens is 508 g/mol. The number of hydrogen-bond donors (Lipinski definition) is 0. The van der Waals surface area contributed by atoms with Gasteiger partial charge in [0.25, 0.3) is 0 Å². The van der Waals surface area contributed by atoms with Gasteiger partial charge in [-0.05, 0) is 19.3 Å². The van der Waals surface area contributed by atoms with Crippen molar-refractivity contribution >= 4 is 10.4 Å². The first kappa shape index (κ1) is 40.4. The molecule has 1 atom stereocenters. The van der Waals surface area contributed by atoms with Crippen molar-refractivity contribution < 1.29 is 68.5 Å². The molecular formula is C31H61KO4S. The molecule has 0 amide bonds. The Kier molecular flexibility index (Phi) is 34.7. The molecule has 0 bridgehead atoms. The zero-order valence-electron chi connectivity index (χ0n) is 25.2. The van der Waals surface area contributed by atoms with E-state index in [2.05, 4.69) is 30.2 Å². The first-order valence-corrected chi connectivity index (χ1v) is 17.1. The minimum absolute atomic E-state index is 0. The number of unbranched alkanes of at least 4 members (excludes halogenated alkanes) is 22. The maximum atomic E-state index is 10.9. The van der Waals surface area contributed by atoms with Crippen LogP contribution in [0.15, 0.2) is 12.2 Å². The van der Waals surface area contributed by atoms with Gasteiger partial charge in [-0.2, -0.15) is 0 Å². The number of hydrogen-bond acceptors (Lipinski definition) is 4. The quantitative estimate of drug-likeness (QED) is 0.0309. The summed E-state index contributed by atoms with van der Waals surface area (Å²) in [4.78, 5) is 0. The van der Waals surface area contributed by atoms with Gasteiger partial charge in [0.2, 0.25) is 10.4 Å². The van der Waals surface area contributed by atoms with Gasteiger partial charge >= 0.3 is 51.4 Å². The van der Waals surface area contributed by atoms with E-state index in [4.69, 9.17) is 0 Å². The van der Waals surface area contributed by atoms with E-state index in [1.807, 2.05) is 0 Å². The smallest absolute Gasteiger partial charge is 0.726 e. The van der Waals surface area contributed by atoms with Crippen LogP contribution in [0.3, 0.4) is 0 Å². The predicted octanol–water partition coefficient (Wildman–Crippen LogP) is 7.43. The van der Waals surface area contributed by atoms with Crippen LogP contribution in [0.5, 0.6) is 0 Å². The van der Waals surface area contributed by atoms with Gasteiger partial charge in [0, 0.05) is 5.92 Å². The molecule has 1 unspecified atom stereocenters. The van der Waals surface area contributed by atoms with Crippen LogP contribution in [-0.2, 0) is 14.6 Å². The Labute approximate surface area is 275 Å². The van der Waals surface area contributed by atoms with Gasteiger partial charge in [0.05, 0.1) is 6.61 Å². The van der Waals surface area contributed by atoms with E-state index in [1.54, 1.807) is 0 Å². The standard InChI is InChI=1S/C31H62O4S.K/c1-3-5-7-9-11-13-14-15-16-17-18-19-20-21-23-25-27-29-31(30-35-36(32,33)34)28-26-24-22-12-10-8-6-4-2;/h26,28,31H,3-25,27,29-30H2,1-2H3,(H,32,33,34);/q;+1/p-1/b28-26+;. The van der Waals surface area contributed by atoms with E-state index >= 15 is 0 Å². The van der Waals surface area contributed by atoms with Gasteiger partial charge in [-0.25, -0.2) is 8.42 Å². The van der Waals surface area contributed by atoms with Gasteiger partial charge in [-0.15, -0.1) is 0 Å². The molecule has 0 aliphatic rings. The topological polar surface area (TPSA) is 66.4 Å². The van der Waals surface area contributed by atoms with Crippen molar-refractivity contribution in [3.05, 3.63) is 12.2 Å². The third-order valence-corrected chi connectivity index (χ3v) is 7.66. The summed E-state index contributed by atoms with van der Waals surface area (Å²) in [5, 5.41) is 0. The first-order valence-electron chi connectivity index (χ1n) is 15.8. The number of rotatable bonds is 29. The van der Waals surface area contributed by atoms with E-state index in [0.29, 0.717) is 0 Å². The fourth-order valence-corrected chi connectivity index (χ4v) is 5.21. The van der Waals surface area contributed by atoms with Gasteiger partial charge in [-0.3, -0.25) is 4.18 Å². The van der Waals surface area contributed by atoms with Crippen molar-refractivity contribution in [1.29, 1.82) is 0 Å². The molecule has 216 valence electrons. The summed E-state index contributed by atoms with van der Waals surface area (Å²) in [6.45, 7) is 4.49. The summed E-state index contributed by atoms with van der Waals surface area (Å²) in [5.41, 5.74) is 0. The number of allylic oxidation sites excluding steroid dienone is 1. The van der Waals surface area contributed by atoms with Crippen LogP contribution in [0.25, 0.3) is 0 Å². The van der Waals surface area contributed by atoms with Crippen LogP contribution in [0.4, 0.5) is 0 Å². The van der Waals surface area contributed by atoms with Crippen molar-refractivity contribution in [3.8, 4) is 0 Å². The monoisotopic (exact) mass is 568 g/mol. The molecule has 6 heteroatoms. The van der Waals surface area contributed by atoms with Crippen LogP contribution >= 0.6 is 0 Å². The van der Waals surface area contributed by atoms with E-state index in [1.165, 1.54) is 141 Å². The van der Waals surface area contributed by atoms with Gasteiger partial charge in [-0.1, -0.05) is 167 Å². The second-order valence-electron chi connectivity index (χ2n) is 10.9. The molecule has 0 saturated heterocycles. The van der Waals surface area contributed by atoms with Gasteiger partial charge < -0.3 is 4.55 Å². The summed E-state index contributed by atoms with van der Waals surface area (Å²) in [7, 11) is -4.61.